The monoisotopic (exact) mass is 325 g/mol. The van der Waals surface area contributed by atoms with E-state index in [1.165, 1.54) is 0 Å². The summed E-state index contributed by atoms with van der Waals surface area (Å²) in [6, 6.07) is 13.6. The van der Waals surface area contributed by atoms with E-state index < -0.39 is 0 Å². The molecule has 1 amide bonds. The summed E-state index contributed by atoms with van der Waals surface area (Å²) in [4.78, 5) is 18.9. The molecule has 2 aromatic rings. The Kier molecular flexibility index (Phi) is 4.81. The second-order valence-electron chi connectivity index (χ2n) is 6.32. The standard InChI is InChI=1S/C19H23N3O2/c1-20-17-9-8-15(12-21-17)18(24)22-11-5-10-19(13-22,14-23)16-6-3-2-4-7-16/h2-4,6-9,12,23H,5,10-11,13-14H2,1H3,(H,20,21). The first-order chi connectivity index (χ1) is 11.7. The van der Waals surface area contributed by atoms with Gasteiger partial charge < -0.3 is 15.3 Å². The zero-order valence-corrected chi connectivity index (χ0v) is 13.9. The Bertz CT molecular complexity index is 688. The van der Waals surface area contributed by atoms with E-state index in [1.54, 1.807) is 25.4 Å². The van der Waals surface area contributed by atoms with Gasteiger partial charge in [-0.3, -0.25) is 4.79 Å². The van der Waals surface area contributed by atoms with Crippen molar-refractivity contribution in [3.63, 3.8) is 0 Å². The first-order valence-corrected chi connectivity index (χ1v) is 8.28. The molecule has 126 valence electrons. The van der Waals surface area contributed by atoms with Gasteiger partial charge in [0, 0.05) is 31.7 Å². The Balaban J connectivity index is 1.82. The number of amides is 1. The van der Waals surface area contributed by atoms with E-state index in [-0.39, 0.29) is 17.9 Å². The van der Waals surface area contributed by atoms with Crippen molar-refractivity contribution in [3.8, 4) is 0 Å². The molecule has 1 unspecified atom stereocenters. The molecule has 0 aliphatic carbocycles. The molecule has 1 aliphatic rings. The van der Waals surface area contributed by atoms with Gasteiger partial charge in [-0.1, -0.05) is 30.3 Å². The van der Waals surface area contributed by atoms with Gasteiger partial charge in [0.1, 0.15) is 5.82 Å². The number of aliphatic hydroxyl groups excluding tert-OH is 1. The van der Waals surface area contributed by atoms with Crippen molar-refractivity contribution in [1.82, 2.24) is 9.88 Å². The number of pyridine rings is 1. The Labute approximate surface area is 142 Å². The number of nitrogens with one attached hydrogen (secondary N) is 1. The van der Waals surface area contributed by atoms with Crippen LogP contribution in [0.2, 0.25) is 0 Å². The number of anilines is 1. The third kappa shape index (κ3) is 3.12. The maximum atomic E-state index is 12.8. The largest absolute Gasteiger partial charge is 0.395 e. The van der Waals surface area contributed by atoms with Gasteiger partial charge in [0.2, 0.25) is 0 Å². The average Bonchev–Trinajstić information content (AvgIpc) is 2.68. The minimum atomic E-state index is -0.381. The van der Waals surface area contributed by atoms with Crippen molar-refractivity contribution >= 4 is 11.7 Å². The Morgan fingerprint density at radius 2 is 2.08 bits per heavy atom. The number of carbonyl (C=O) groups excluding carboxylic acids is 1. The van der Waals surface area contributed by atoms with E-state index in [0.29, 0.717) is 18.7 Å². The molecule has 2 heterocycles. The molecule has 1 aliphatic heterocycles. The lowest BCUT2D eigenvalue weighted by atomic mass is 9.74. The number of piperidine rings is 1. The van der Waals surface area contributed by atoms with Gasteiger partial charge in [-0.25, -0.2) is 4.98 Å². The topological polar surface area (TPSA) is 65.5 Å². The number of hydrogen-bond donors (Lipinski definition) is 2. The Morgan fingerprint density at radius 1 is 1.29 bits per heavy atom. The van der Waals surface area contributed by atoms with Crippen LogP contribution in [0.3, 0.4) is 0 Å². The molecular formula is C19H23N3O2. The number of rotatable bonds is 4. The molecule has 1 aromatic heterocycles. The van der Waals surface area contributed by atoms with Crippen molar-refractivity contribution in [1.29, 1.82) is 0 Å². The number of nitrogens with zero attached hydrogens (tertiary/aromatic N) is 2. The van der Waals surface area contributed by atoms with Crippen LogP contribution in [0.25, 0.3) is 0 Å². The predicted molar refractivity (Wildman–Crippen MR) is 94.1 cm³/mol. The maximum Gasteiger partial charge on any atom is 0.255 e. The number of benzene rings is 1. The summed E-state index contributed by atoms with van der Waals surface area (Å²) < 4.78 is 0. The molecule has 3 rings (SSSR count). The number of aromatic nitrogens is 1. The van der Waals surface area contributed by atoms with E-state index in [0.717, 1.165) is 24.2 Å². The van der Waals surface area contributed by atoms with Crippen molar-refractivity contribution in [2.24, 2.45) is 0 Å². The summed E-state index contributed by atoms with van der Waals surface area (Å²) in [7, 11) is 1.80. The zero-order chi connectivity index (χ0) is 17.0. The lowest BCUT2D eigenvalue weighted by Crippen LogP contribution is -2.50. The molecule has 0 saturated carbocycles. The van der Waals surface area contributed by atoms with Crippen molar-refractivity contribution in [3.05, 3.63) is 59.8 Å². The van der Waals surface area contributed by atoms with Gasteiger partial charge in [0.05, 0.1) is 12.2 Å². The van der Waals surface area contributed by atoms with Crippen LogP contribution >= 0.6 is 0 Å². The fourth-order valence-electron chi connectivity index (χ4n) is 3.40. The highest BCUT2D eigenvalue weighted by Crippen LogP contribution is 2.34. The van der Waals surface area contributed by atoms with Gasteiger partial charge in [0.15, 0.2) is 0 Å². The van der Waals surface area contributed by atoms with Gasteiger partial charge in [0.25, 0.3) is 5.91 Å². The molecule has 1 atom stereocenters. The first-order valence-electron chi connectivity index (χ1n) is 8.28. The molecule has 24 heavy (non-hydrogen) atoms. The Morgan fingerprint density at radius 3 is 2.71 bits per heavy atom. The summed E-state index contributed by atoms with van der Waals surface area (Å²) in [6.45, 7) is 1.28. The minimum Gasteiger partial charge on any atom is -0.395 e. The van der Waals surface area contributed by atoms with Crippen LogP contribution in [0, 0.1) is 0 Å². The summed E-state index contributed by atoms with van der Waals surface area (Å²) in [5.74, 6) is 0.706. The fourth-order valence-corrected chi connectivity index (χ4v) is 3.40. The van der Waals surface area contributed by atoms with Crippen LogP contribution < -0.4 is 5.32 Å². The van der Waals surface area contributed by atoms with Crippen molar-refractivity contribution in [2.45, 2.75) is 18.3 Å². The second kappa shape index (κ2) is 7.01. The third-order valence-corrected chi connectivity index (χ3v) is 4.82. The van der Waals surface area contributed by atoms with Gasteiger partial charge in [-0.2, -0.15) is 0 Å². The highest BCUT2D eigenvalue weighted by Gasteiger charge is 2.38. The van der Waals surface area contributed by atoms with Crippen molar-refractivity contribution < 1.29 is 9.90 Å². The molecule has 1 saturated heterocycles. The van der Waals surface area contributed by atoms with Gasteiger partial charge in [-0.15, -0.1) is 0 Å². The SMILES string of the molecule is CNc1ccc(C(=O)N2CCCC(CO)(c3ccccc3)C2)cn1. The average molecular weight is 325 g/mol. The van der Waals surface area contributed by atoms with Gasteiger partial charge in [-0.05, 0) is 30.5 Å². The quantitative estimate of drug-likeness (QED) is 0.905. The molecule has 0 spiro atoms. The smallest absolute Gasteiger partial charge is 0.255 e. The highest BCUT2D eigenvalue weighted by molar-refractivity contribution is 5.94. The zero-order valence-electron chi connectivity index (χ0n) is 13.9. The maximum absolute atomic E-state index is 12.8. The molecule has 0 radical (unpaired) electrons. The van der Waals surface area contributed by atoms with Crippen LogP contribution in [0.1, 0.15) is 28.8 Å². The summed E-state index contributed by atoms with van der Waals surface area (Å²) in [5, 5.41) is 13.0. The molecule has 0 bridgehead atoms. The summed E-state index contributed by atoms with van der Waals surface area (Å²) >= 11 is 0. The normalized spacial score (nSPS) is 20.7. The van der Waals surface area contributed by atoms with Crippen LogP contribution in [0.4, 0.5) is 5.82 Å². The molecule has 2 N–H and O–H groups in total. The van der Waals surface area contributed by atoms with Gasteiger partial charge >= 0.3 is 0 Å². The number of hydrogen-bond acceptors (Lipinski definition) is 4. The van der Waals surface area contributed by atoms with E-state index >= 15 is 0 Å². The minimum absolute atomic E-state index is 0.0291. The van der Waals surface area contributed by atoms with Crippen LogP contribution in [-0.2, 0) is 5.41 Å². The summed E-state index contributed by atoms with van der Waals surface area (Å²) in [5.41, 5.74) is 1.29. The molecule has 5 heteroatoms. The Hall–Kier alpha value is -2.40. The number of likely N-dealkylation sites (tertiary alicyclic amines) is 1. The number of aliphatic hydroxyl groups is 1. The fraction of sp³-hybridized carbons (Fsp3) is 0.368. The van der Waals surface area contributed by atoms with Crippen molar-refractivity contribution in [2.75, 3.05) is 32.1 Å². The highest BCUT2D eigenvalue weighted by atomic mass is 16.3. The van der Waals surface area contributed by atoms with E-state index in [2.05, 4.69) is 10.3 Å². The molecule has 1 aromatic carbocycles. The summed E-state index contributed by atoms with van der Waals surface area (Å²) in [6.07, 6.45) is 3.36. The molecular weight excluding hydrogens is 302 g/mol. The second-order valence-corrected chi connectivity index (χ2v) is 6.32. The lowest BCUT2D eigenvalue weighted by molar-refractivity contribution is 0.0543. The van der Waals surface area contributed by atoms with E-state index in [9.17, 15) is 9.90 Å². The van der Waals surface area contributed by atoms with E-state index in [4.69, 9.17) is 0 Å². The van der Waals surface area contributed by atoms with Crippen LogP contribution in [-0.4, -0.2) is 47.6 Å². The predicted octanol–water partition coefficient (Wildman–Crippen LogP) is 2.29. The molecule has 5 nitrogen and oxygen atoms in total. The third-order valence-electron chi connectivity index (χ3n) is 4.82. The first kappa shape index (κ1) is 16.5. The van der Waals surface area contributed by atoms with E-state index in [1.807, 2.05) is 35.2 Å². The number of carbonyl (C=O) groups is 1. The lowest BCUT2D eigenvalue weighted by Gasteiger charge is -2.42. The molecule has 1 fully saturated rings. The van der Waals surface area contributed by atoms with Crippen LogP contribution in [0.15, 0.2) is 48.7 Å². The van der Waals surface area contributed by atoms with Crippen LogP contribution in [0.5, 0.6) is 0 Å².